The van der Waals surface area contributed by atoms with Crippen molar-refractivity contribution in [2.24, 2.45) is 0 Å². The first-order valence-corrected chi connectivity index (χ1v) is 9.30. The molecule has 0 aliphatic carbocycles. The van der Waals surface area contributed by atoms with Gasteiger partial charge in [-0.25, -0.2) is 12.7 Å². The predicted octanol–water partition coefficient (Wildman–Crippen LogP) is 3.21. The highest BCUT2D eigenvalue weighted by atomic mass is 127. The zero-order valence-corrected chi connectivity index (χ0v) is 14.5. The van der Waals surface area contributed by atoms with Gasteiger partial charge in [0.2, 0.25) is 5.91 Å². The Kier molecular flexibility index (Phi) is 4.51. The lowest BCUT2D eigenvalue weighted by molar-refractivity contribution is -0.137. The van der Waals surface area contributed by atoms with E-state index in [0.29, 0.717) is 23.0 Å². The molecule has 1 aliphatic heterocycles. The number of hydrogen-bond acceptors (Lipinski definition) is 3. The van der Waals surface area contributed by atoms with Gasteiger partial charge in [-0.1, -0.05) is 22.6 Å². The van der Waals surface area contributed by atoms with Gasteiger partial charge in [0.05, 0.1) is 16.0 Å². The van der Waals surface area contributed by atoms with Gasteiger partial charge in [-0.2, -0.15) is 13.2 Å². The van der Waals surface area contributed by atoms with E-state index in [1.54, 1.807) is 6.92 Å². The number of alkyl halides is 4. The highest BCUT2D eigenvalue weighted by Crippen LogP contribution is 2.37. The first-order valence-electron chi connectivity index (χ1n) is 6.34. The van der Waals surface area contributed by atoms with Gasteiger partial charge < -0.3 is 0 Å². The van der Waals surface area contributed by atoms with E-state index in [1.165, 1.54) is 0 Å². The van der Waals surface area contributed by atoms with Crippen LogP contribution in [-0.2, 0) is 21.0 Å². The molecule has 1 unspecified atom stereocenters. The van der Waals surface area contributed by atoms with Gasteiger partial charge in [-0.05, 0) is 37.6 Å². The zero-order valence-electron chi connectivity index (χ0n) is 11.5. The lowest BCUT2D eigenvalue weighted by atomic mass is 10.0. The Morgan fingerprint density at radius 1 is 1.27 bits per heavy atom. The summed E-state index contributed by atoms with van der Waals surface area (Å²) in [6, 6.07) is 3.18. The molecule has 1 aromatic rings. The van der Waals surface area contributed by atoms with Gasteiger partial charge in [0, 0.05) is 10.8 Å². The van der Waals surface area contributed by atoms with E-state index in [4.69, 9.17) is 0 Å². The number of carbonyl (C=O) groups is 1. The SMILES string of the molecule is CC1(CI)CCC(=O)N1S(=O)(=O)c1ccc(C(F)(F)F)cc1. The number of hydrogen-bond donors (Lipinski definition) is 0. The molecule has 1 amide bonds. The molecule has 4 nitrogen and oxygen atoms in total. The van der Waals surface area contributed by atoms with E-state index in [2.05, 4.69) is 0 Å². The molecular formula is C13H13F3INO3S. The summed E-state index contributed by atoms with van der Waals surface area (Å²) in [6.45, 7) is 1.66. The summed E-state index contributed by atoms with van der Waals surface area (Å²) in [5.74, 6) is -0.529. The van der Waals surface area contributed by atoms with Crippen LogP contribution in [0.25, 0.3) is 0 Å². The minimum Gasteiger partial charge on any atom is -0.274 e. The molecule has 9 heteroatoms. The largest absolute Gasteiger partial charge is 0.416 e. The van der Waals surface area contributed by atoms with Crippen LogP contribution in [0.2, 0.25) is 0 Å². The molecule has 1 heterocycles. The van der Waals surface area contributed by atoms with Crippen LogP contribution in [0.15, 0.2) is 29.2 Å². The average Bonchev–Trinajstić information content (AvgIpc) is 2.75. The van der Waals surface area contributed by atoms with Crippen molar-refractivity contribution in [3.8, 4) is 0 Å². The zero-order chi connectivity index (χ0) is 16.8. The highest BCUT2D eigenvalue weighted by Gasteiger charge is 2.48. The van der Waals surface area contributed by atoms with Gasteiger partial charge in [-0.15, -0.1) is 0 Å². The fourth-order valence-electron chi connectivity index (χ4n) is 2.35. The predicted molar refractivity (Wildman–Crippen MR) is 82.0 cm³/mol. The molecule has 0 radical (unpaired) electrons. The molecule has 1 fully saturated rings. The number of sulfonamides is 1. The van der Waals surface area contributed by atoms with Crippen LogP contribution in [0.3, 0.4) is 0 Å². The summed E-state index contributed by atoms with van der Waals surface area (Å²) in [6.07, 6.45) is -4.03. The number of rotatable bonds is 3. The molecule has 2 rings (SSSR count). The van der Waals surface area contributed by atoms with Crippen molar-refractivity contribution >= 4 is 38.5 Å². The Hall–Kier alpha value is -0.840. The van der Waals surface area contributed by atoms with Crippen molar-refractivity contribution in [1.82, 2.24) is 4.31 Å². The summed E-state index contributed by atoms with van der Waals surface area (Å²) in [5.41, 5.74) is -1.78. The molecule has 0 saturated carbocycles. The molecule has 0 spiro atoms. The Balaban J connectivity index is 2.44. The maximum atomic E-state index is 12.6. The van der Waals surface area contributed by atoms with Gasteiger partial charge in [-0.3, -0.25) is 4.79 Å². The molecule has 1 saturated heterocycles. The second kappa shape index (κ2) is 5.66. The normalized spacial score (nSPS) is 23.1. The van der Waals surface area contributed by atoms with Crippen LogP contribution in [0.5, 0.6) is 0 Å². The number of carbonyl (C=O) groups excluding carboxylic acids is 1. The highest BCUT2D eigenvalue weighted by molar-refractivity contribution is 14.1. The van der Waals surface area contributed by atoms with Crippen LogP contribution in [0.4, 0.5) is 13.2 Å². The number of halogens is 4. The van der Waals surface area contributed by atoms with Gasteiger partial charge in [0.1, 0.15) is 0 Å². The first kappa shape index (κ1) is 17.5. The van der Waals surface area contributed by atoms with Gasteiger partial charge >= 0.3 is 6.18 Å². The second-order valence-electron chi connectivity index (χ2n) is 5.32. The van der Waals surface area contributed by atoms with E-state index in [-0.39, 0.29) is 11.3 Å². The van der Waals surface area contributed by atoms with E-state index >= 15 is 0 Å². The number of benzene rings is 1. The summed E-state index contributed by atoms with van der Waals surface area (Å²) in [7, 11) is -4.16. The minimum atomic E-state index is -4.54. The third-order valence-corrected chi connectivity index (χ3v) is 7.24. The quantitative estimate of drug-likeness (QED) is 0.529. The van der Waals surface area contributed by atoms with Gasteiger partial charge in [0.25, 0.3) is 10.0 Å². The molecule has 0 N–H and O–H groups in total. The Labute approximate surface area is 139 Å². The summed E-state index contributed by atoms with van der Waals surface area (Å²) in [5, 5.41) is 0. The van der Waals surface area contributed by atoms with E-state index in [9.17, 15) is 26.4 Å². The third kappa shape index (κ3) is 2.97. The molecular weight excluding hydrogens is 434 g/mol. The molecule has 122 valence electrons. The van der Waals surface area contributed by atoms with E-state index in [1.807, 2.05) is 22.6 Å². The summed E-state index contributed by atoms with van der Waals surface area (Å²) >= 11 is 2.00. The van der Waals surface area contributed by atoms with E-state index < -0.39 is 33.2 Å². The van der Waals surface area contributed by atoms with E-state index in [0.717, 1.165) is 16.4 Å². The van der Waals surface area contributed by atoms with Gasteiger partial charge in [0.15, 0.2) is 0 Å². The third-order valence-electron chi connectivity index (χ3n) is 3.60. The van der Waals surface area contributed by atoms with Crippen LogP contribution in [0, 0.1) is 0 Å². The topological polar surface area (TPSA) is 54.5 Å². The molecule has 1 aromatic carbocycles. The van der Waals surface area contributed by atoms with Crippen molar-refractivity contribution in [3.63, 3.8) is 0 Å². The minimum absolute atomic E-state index is 0.110. The molecule has 0 aromatic heterocycles. The second-order valence-corrected chi connectivity index (χ2v) is 7.87. The smallest absolute Gasteiger partial charge is 0.274 e. The van der Waals surface area contributed by atoms with Crippen LogP contribution >= 0.6 is 22.6 Å². The van der Waals surface area contributed by atoms with Crippen molar-refractivity contribution in [2.75, 3.05) is 4.43 Å². The van der Waals surface area contributed by atoms with Crippen LogP contribution in [-0.4, -0.2) is 28.6 Å². The van der Waals surface area contributed by atoms with Crippen LogP contribution < -0.4 is 0 Å². The lowest BCUT2D eigenvalue weighted by Gasteiger charge is -2.32. The standard InChI is InChI=1S/C13H13F3INO3S/c1-12(8-17)7-6-11(19)18(12)22(20,21)10-4-2-9(3-5-10)13(14,15)16/h2-5H,6-8H2,1H3. The maximum Gasteiger partial charge on any atom is 0.416 e. The Morgan fingerprint density at radius 3 is 2.27 bits per heavy atom. The monoisotopic (exact) mass is 447 g/mol. The van der Waals surface area contributed by atoms with Crippen molar-refractivity contribution in [1.29, 1.82) is 0 Å². The fourth-order valence-corrected chi connectivity index (χ4v) is 5.09. The summed E-state index contributed by atoms with van der Waals surface area (Å²) in [4.78, 5) is 11.6. The maximum absolute atomic E-state index is 12.6. The Bertz CT molecular complexity index is 687. The van der Waals surface area contributed by atoms with Crippen molar-refractivity contribution in [3.05, 3.63) is 29.8 Å². The number of nitrogens with zero attached hydrogens (tertiary/aromatic N) is 1. The van der Waals surface area contributed by atoms with Crippen LogP contribution in [0.1, 0.15) is 25.3 Å². The molecule has 1 aliphatic rings. The summed E-state index contributed by atoms with van der Waals surface area (Å²) < 4.78 is 64.1. The average molecular weight is 447 g/mol. The van der Waals surface area contributed by atoms with Crippen molar-refractivity contribution in [2.45, 2.75) is 36.4 Å². The molecule has 0 bridgehead atoms. The number of amides is 1. The molecule has 1 atom stereocenters. The van der Waals surface area contributed by atoms with Crippen molar-refractivity contribution < 1.29 is 26.4 Å². The Morgan fingerprint density at radius 2 is 1.82 bits per heavy atom. The molecule has 22 heavy (non-hydrogen) atoms. The lowest BCUT2D eigenvalue weighted by Crippen LogP contribution is -2.48. The first-order chi connectivity index (χ1) is 10.0. The fraction of sp³-hybridized carbons (Fsp3) is 0.462.